The van der Waals surface area contributed by atoms with Crippen molar-refractivity contribution < 1.29 is 4.79 Å². The summed E-state index contributed by atoms with van der Waals surface area (Å²) >= 11 is 0. The van der Waals surface area contributed by atoms with E-state index in [1.165, 1.54) is 19.3 Å². The lowest BCUT2D eigenvalue weighted by molar-refractivity contribution is -0.138. The summed E-state index contributed by atoms with van der Waals surface area (Å²) in [5, 5.41) is 0. The molecule has 0 spiro atoms. The van der Waals surface area contributed by atoms with Crippen LogP contribution in [0.15, 0.2) is 12.2 Å². The fourth-order valence-corrected chi connectivity index (χ4v) is 4.23. The van der Waals surface area contributed by atoms with Crippen molar-refractivity contribution in [3.05, 3.63) is 12.2 Å². The maximum absolute atomic E-state index is 12.7. The standard InChI is InChI=1S/C16H26N2O/c1-17(2)10-13-4-3-7-18(11-13)16(19)15-9-12-5-6-14(15)8-12/h5-6,12-15H,3-4,7-11H2,1-2H3/t12-,13?,14+,15-/m1/s1. The van der Waals surface area contributed by atoms with Crippen LogP contribution in [0.2, 0.25) is 0 Å². The molecule has 1 saturated heterocycles. The van der Waals surface area contributed by atoms with E-state index < -0.39 is 0 Å². The molecule has 1 amide bonds. The van der Waals surface area contributed by atoms with Gasteiger partial charge in [0.25, 0.3) is 0 Å². The summed E-state index contributed by atoms with van der Waals surface area (Å²) in [4.78, 5) is 17.1. The molecule has 0 N–H and O–H groups in total. The van der Waals surface area contributed by atoms with Gasteiger partial charge < -0.3 is 9.80 Å². The van der Waals surface area contributed by atoms with Crippen molar-refractivity contribution in [2.75, 3.05) is 33.7 Å². The van der Waals surface area contributed by atoms with E-state index in [-0.39, 0.29) is 0 Å². The smallest absolute Gasteiger partial charge is 0.226 e. The number of fused-ring (bicyclic) bond motifs is 2. The van der Waals surface area contributed by atoms with Gasteiger partial charge in [-0.2, -0.15) is 0 Å². The number of amides is 1. The summed E-state index contributed by atoms with van der Waals surface area (Å²) < 4.78 is 0. The van der Waals surface area contributed by atoms with Crippen LogP contribution in [0.4, 0.5) is 0 Å². The number of allylic oxidation sites excluding steroid dienone is 2. The Labute approximate surface area is 116 Å². The van der Waals surface area contributed by atoms with Gasteiger partial charge in [0, 0.05) is 25.6 Å². The predicted molar refractivity (Wildman–Crippen MR) is 76.7 cm³/mol. The molecule has 3 heteroatoms. The van der Waals surface area contributed by atoms with Gasteiger partial charge in [-0.25, -0.2) is 0 Å². The van der Waals surface area contributed by atoms with Gasteiger partial charge in [-0.15, -0.1) is 0 Å². The zero-order chi connectivity index (χ0) is 13.4. The molecule has 19 heavy (non-hydrogen) atoms. The third-order valence-electron chi connectivity index (χ3n) is 5.05. The minimum Gasteiger partial charge on any atom is -0.342 e. The van der Waals surface area contributed by atoms with E-state index in [4.69, 9.17) is 0 Å². The molecule has 2 bridgehead atoms. The van der Waals surface area contributed by atoms with Crippen molar-refractivity contribution in [3.8, 4) is 0 Å². The number of carbonyl (C=O) groups excluding carboxylic acids is 1. The lowest BCUT2D eigenvalue weighted by Gasteiger charge is -2.36. The van der Waals surface area contributed by atoms with Crippen LogP contribution >= 0.6 is 0 Å². The predicted octanol–water partition coefficient (Wildman–Crippen LogP) is 2.00. The number of carbonyl (C=O) groups is 1. The summed E-state index contributed by atoms with van der Waals surface area (Å²) in [5.41, 5.74) is 0. The molecule has 0 aromatic rings. The molecular weight excluding hydrogens is 236 g/mol. The maximum Gasteiger partial charge on any atom is 0.226 e. The Morgan fingerprint density at radius 2 is 2.16 bits per heavy atom. The van der Waals surface area contributed by atoms with E-state index >= 15 is 0 Å². The van der Waals surface area contributed by atoms with Crippen molar-refractivity contribution in [1.29, 1.82) is 0 Å². The number of piperidine rings is 1. The molecule has 3 nitrogen and oxygen atoms in total. The topological polar surface area (TPSA) is 23.6 Å². The molecule has 1 heterocycles. The quantitative estimate of drug-likeness (QED) is 0.726. The number of rotatable bonds is 3. The van der Waals surface area contributed by atoms with Gasteiger partial charge in [0.15, 0.2) is 0 Å². The lowest BCUT2D eigenvalue weighted by Crippen LogP contribution is -2.45. The fourth-order valence-electron chi connectivity index (χ4n) is 4.23. The third kappa shape index (κ3) is 2.71. The number of hydrogen-bond acceptors (Lipinski definition) is 2. The summed E-state index contributed by atoms with van der Waals surface area (Å²) in [6, 6.07) is 0. The van der Waals surface area contributed by atoms with Crippen LogP contribution in [-0.4, -0.2) is 49.4 Å². The highest BCUT2D eigenvalue weighted by molar-refractivity contribution is 5.80. The van der Waals surface area contributed by atoms with Gasteiger partial charge in [0.2, 0.25) is 5.91 Å². The first-order chi connectivity index (χ1) is 9.13. The molecule has 3 aliphatic rings. The monoisotopic (exact) mass is 262 g/mol. The highest BCUT2D eigenvalue weighted by atomic mass is 16.2. The van der Waals surface area contributed by atoms with Gasteiger partial charge in [0.05, 0.1) is 0 Å². The molecule has 1 unspecified atom stereocenters. The molecular formula is C16H26N2O. The van der Waals surface area contributed by atoms with Crippen LogP contribution in [0.25, 0.3) is 0 Å². The molecule has 1 aliphatic heterocycles. The first kappa shape index (κ1) is 13.2. The van der Waals surface area contributed by atoms with Crippen LogP contribution in [0.3, 0.4) is 0 Å². The summed E-state index contributed by atoms with van der Waals surface area (Å²) in [6.07, 6.45) is 9.40. The van der Waals surface area contributed by atoms with Gasteiger partial charge >= 0.3 is 0 Å². The fraction of sp³-hybridized carbons (Fsp3) is 0.812. The Morgan fingerprint density at radius 3 is 2.79 bits per heavy atom. The molecule has 0 radical (unpaired) electrons. The summed E-state index contributed by atoms with van der Waals surface area (Å²) in [6.45, 7) is 3.08. The Balaban J connectivity index is 1.59. The van der Waals surface area contributed by atoms with Crippen LogP contribution in [0.5, 0.6) is 0 Å². The van der Waals surface area contributed by atoms with Gasteiger partial charge in [-0.05, 0) is 57.5 Å². The SMILES string of the molecule is CN(C)CC1CCCN(C(=O)[C@@H]2C[C@@H]3C=C[C@H]2C3)C1. The largest absolute Gasteiger partial charge is 0.342 e. The van der Waals surface area contributed by atoms with E-state index in [1.807, 2.05) is 0 Å². The maximum atomic E-state index is 12.7. The van der Waals surface area contributed by atoms with Gasteiger partial charge in [-0.1, -0.05) is 12.2 Å². The number of nitrogens with zero attached hydrogens (tertiary/aromatic N) is 2. The summed E-state index contributed by atoms with van der Waals surface area (Å²) in [5.74, 6) is 2.66. The second-order valence-electron chi connectivity index (χ2n) is 6.94. The Kier molecular flexibility index (Phi) is 3.66. The van der Waals surface area contributed by atoms with Gasteiger partial charge in [-0.3, -0.25) is 4.79 Å². The lowest BCUT2D eigenvalue weighted by atomic mass is 9.90. The van der Waals surface area contributed by atoms with Crippen molar-refractivity contribution in [2.24, 2.45) is 23.7 Å². The van der Waals surface area contributed by atoms with Crippen LogP contribution in [0.1, 0.15) is 25.7 Å². The minimum absolute atomic E-state index is 0.299. The molecule has 3 rings (SSSR count). The Hall–Kier alpha value is -0.830. The average molecular weight is 262 g/mol. The van der Waals surface area contributed by atoms with Crippen molar-refractivity contribution in [2.45, 2.75) is 25.7 Å². The van der Waals surface area contributed by atoms with E-state index in [1.54, 1.807) is 0 Å². The van der Waals surface area contributed by atoms with Crippen molar-refractivity contribution >= 4 is 5.91 Å². The van der Waals surface area contributed by atoms with E-state index in [0.717, 1.165) is 26.1 Å². The second-order valence-corrected chi connectivity index (χ2v) is 6.94. The van der Waals surface area contributed by atoms with E-state index in [0.29, 0.717) is 29.6 Å². The van der Waals surface area contributed by atoms with Crippen LogP contribution in [-0.2, 0) is 4.79 Å². The normalized spacial score (nSPS) is 37.3. The molecule has 4 atom stereocenters. The van der Waals surface area contributed by atoms with E-state index in [2.05, 4.69) is 36.0 Å². The van der Waals surface area contributed by atoms with Crippen LogP contribution in [0, 0.1) is 23.7 Å². The minimum atomic E-state index is 0.299. The molecule has 0 aromatic heterocycles. The summed E-state index contributed by atoms with van der Waals surface area (Å²) in [7, 11) is 4.25. The van der Waals surface area contributed by atoms with Gasteiger partial charge in [0.1, 0.15) is 0 Å². The molecule has 1 saturated carbocycles. The first-order valence-electron chi connectivity index (χ1n) is 7.75. The highest BCUT2D eigenvalue weighted by Crippen LogP contribution is 2.44. The van der Waals surface area contributed by atoms with Crippen LogP contribution < -0.4 is 0 Å². The second kappa shape index (κ2) is 5.28. The van der Waals surface area contributed by atoms with Crippen molar-refractivity contribution in [1.82, 2.24) is 9.80 Å². The Bertz CT molecular complexity index is 377. The zero-order valence-electron chi connectivity index (χ0n) is 12.2. The van der Waals surface area contributed by atoms with Crippen molar-refractivity contribution in [3.63, 3.8) is 0 Å². The Morgan fingerprint density at radius 1 is 1.32 bits per heavy atom. The number of hydrogen-bond donors (Lipinski definition) is 0. The molecule has 0 aromatic carbocycles. The van der Waals surface area contributed by atoms with E-state index in [9.17, 15) is 4.79 Å². The molecule has 2 aliphatic carbocycles. The first-order valence-corrected chi connectivity index (χ1v) is 7.75. The third-order valence-corrected chi connectivity index (χ3v) is 5.05. The average Bonchev–Trinajstić information content (AvgIpc) is 2.99. The number of likely N-dealkylation sites (tertiary alicyclic amines) is 1. The highest BCUT2D eigenvalue weighted by Gasteiger charge is 2.42. The molecule has 2 fully saturated rings. The zero-order valence-corrected chi connectivity index (χ0v) is 12.2. The molecule has 106 valence electrons.